The molecule has 1 aromatic heterocycles. The van der Waals surface area contributed by atoms with Crippen molar-refractivity contribution < 1.29 is 23.4 Å². The molecular formula is C8H8F2N2O3. The van der Waals surface area contributed by atoms with Gasteiger partial charge >= 0.3 is 5.97 Å². The van der Waals surface area contributed by atoms with E-state index in [1.54, 1.807) is 0 Å². The van der Waals surface area contributed by atoms with E-state index in [-0.39, 0.29) is 0 Å². The summed E-state index contributed by atoms with van der Waals surface area (Å²) >= 11 is 0. The molecule has 0 spiro atoms. The molecule has 7 heteroatoms. The minimum Gasteiger partial charge on any atom is -0.504 e. The van der Waals surface area contributed by atoms with Gasteiger partial charge in [-0.25, -0.2) is 18.6 Å². The highest BCUT2D eigenvalue weighted by Gasteiger charge is 2.25. The first-order chi connectivity index (χ1) is 6.99. The Morgan fingerprint density at radius 1 is 1.67 bits per heavy atom. The average molecular weight is 218 g/mol. The quantitative estimate of drug-likeness (QED) is 0.726. The van der Waals surface area contributed by atoms with Crippen molar-refractivity contribution >= 4 is 11.8 Å². The van der Waals surface area contributed by atoms with Crippen LogP contribution in [0, 0.1) is 0 Å². The molecule has 3 N–H and O–H groups in total. The Balaban J connectivity index is 3.41. The summed E-state index contributed by atoms with van der Waals surface area (Å²) in [6.45, 7) is 0. The number of carbonyl (C=O) groups excluding carboxylic acids is 1. The van der Waals surface area contributed by atoms with Gasteiger partial charge in [-0.15, -0.1) is 0 Å². The number of hydrogen-bond acceptors (Lipinski definition) is 5. The first kappa shape index (κ1) is 11.2. The minimum absolute atomic E-state index is 0.403. The van der Waals surface area contributed by atoms with Gasteiger partial charge in [-0.2, -0.15) is 0 Å². The zero-order valence-electron chi connectivity index (χ0n) is 7.70. The predicted octanol–water partition coefficient (Wildman–Crippen LogP) is 1.09. The number of pyridine rings is 1. The lowest BCUT2D eigenvalue weighted by atomic mass is 10.1. The summed E-state index contributed by atoms with van der Waals surface area (Å²) in [5, 5.41) is 9.31. The smallest absolute Gasteiger partial charge is 0.342 e. The van der Waals surface area contributed by atoms with Crippen molar-refractivity contribution in [1.82, 2.24) is 4.98 Å². The van der Waals surface area contributed by atoms with E-state index < -0.39 is 35.1 Å². The molecule has 0 bridgehead atoms. The van der Waals surface area contributed by atoms with Crippen LogP contribution < -0.4 is 5.73 Å². The summed E-state index contributed by atoms with van der Waals surface area (Å²) in [7, 11) is 1.01. The van der Waals surface area contributed by atoms with Gasteiger partial charge in [0.25, 0.3) is 6.43 Å². The van der Waals surface area contributed by atoms with Crippen molar-refractivity contribution in [2.75, 3.05) is 12.8 Å². The first-order valence-corrected chi connectivity index (χ1v) is 3.82. The number of methoxy groups -OCH3 is 1. The van der Waals surface area contributed by atoms with Gasteiger partial charge in [-0.05, 0) is 0 Å². The van der Waals surface area contributed by atoms with E-state index in [0.29, 0.717) is 0 Å². The SMILES string of the molecule is COC(=O)c1c(C(F)F)cnc(N)c1O. The number of nitrogen functional groups attached to an aromatic ring is 1. The third-order valence-corrected chi connectivity index (χ3v) is 1.74. The molecule has 0 fully saturated rings. The van der Waals surface area contributed by atoms with Gasteiger partial charge in [-0.1, -0.05) is 0 Å². The van der Waals surface area contributed by atoms with Gasteiger partial charge in [0.2, 0.25) is 0 Å². The van der Waals surface area contributed by atoms with E-state index in [2.05, 4.69) is 9.72 Å². The number of nitrogens with zero attached hydrogens (tertiary/aromatic N) is 1. The maximum atomic E-state index is 12.4. The van der Waals surface area contributed by atoms with Gasteiger partial charge in [0.05, 0.1) is 12.7 Å². The van der Waals surface area contributed by atoms with Crippen molar-refractivity contribution in [3.05, 3.63) is 17.3 Å². The Morgan fingerprint density at radius 3 is 2.73 bits per heavy atom. The monoisotopic (exact) mass is 218 g/mol. The standard InChI is InChI=1S/C8H8F2N2O3/c1-15-8(14)4-3(6(9)10)2-12-7(11)5(4)13/h2,6,13H,1H3,(H2,11,12). The van der Waals surface area contributed by atoms with Crippen LogP contribution >= 0.6 is 0 Å². The highest BCUT2D eigenvalue weighted by Crippen LogP contribution is 2.32. The summed E-state index contributed by atoms with van der Waals surface area (Å²) in [4.78, 5) is 14.4. The number of rotatable bonds is 2. The zero-order valence-corrected chi connectivity index (χ0v) is 7.70. The minimum atomic E-state index is -2.95. The van der Waals surface area contributed by atoms with Crippen LogP contribution in [0.1, 0.15) is 22.3 Å². The van der Waals surface area contributed by atoms with Gasteiger partial charge < -0.3 is 15.6 Å². The number of halogens is 2. The summed E-state index contributed by atoms with van der Waals surface area (Å²) < 4.78 is 29.1. The van der Waals surface area contributed by atoms with Crippen molar-refractivity contribution in [1.29, 1.82) is 0 Å². The predicted molar refractivity (Wildman–Crippen MR) is 46.6 cm³/mol. The molecule has 0 aromatic carbocycles. The average Bonchev–Trinajstić information content (AvgIpc) is 2.20. The third-order valence-electron chi connectivity index (χ3n) is 1.74. The Bertz CT molecular complexity index is 396. The van der Waals surface area contributed by atoms with E-state index in [1.165, 1.54) is 0 Å². The van der Waals surface area contributed by atoms with Gasteiger partial charge in [0.15, 0.2) is 11.6 Å². The second kappa shape index (κ2) is 4.07. The van der Waals surface area contributed by atoms with Crippen LogP contribution in [0.3, 0.4) is 0 Å². The fourth-order valence-electron chi connectivity index (χ4n) is 1.01. The maximum absolute atomic E-state index is 12.4. The zero-order chi connectivity index (χ0) is 11.6. The largest absolute Gasteiger partial charge is 0.504 e. The Hall–Kier alpha value is -1.92. The number of nitrogens with two attached hydrogens (primary N) is 1. The van der Waals surface area contributed by atoms with E-state index >= 15 is 0 Å². The molecule has 0 saturated heterocycles. The second-order valence-corrected chi connectivity index (χ2v) is 2.61. The summed E-state index contributed by atoms with van der Waals surface area (Å²) in [6, 6.07) is 0. The second-order valence-electron chi connectivity index (χ2n) is 2.61. The normalized spacial score (nSPS) is 10.4. The Morgan fingerprint density at radius 2 is 2.27 bits per heavy atom. The molecule has 15 heavy (non-hydrogen) atoms. The molecule has 1 rings (SSSR count). The number of hydrogen-bond donors (Lipinski definition) is 2. The van der Waals surface area contributed by atoms with Gasteiger partial charge in [0, 0.05) is 6.20 Å². The summed E-state index contributed by atoms with van der Waals surface area (Å²) in [5.74, 6) is -2.28. The third kappa shape index (κ3) is 1.95. The number of aromatic hydroxyl groups is 1. The Kier molecular flexibility index (Phi) is 3.03. The molecular weight excluding hydrogens is 210 g/mol. The van der Waals surface area contributed by atoms with Crippen molar-refractivity contribution in [3.63, 3.8) is 0 Å². The molecule has 0 atom stereocenters. The topological polar surface area (TPSA) is 85.4 Å². The molecule has 1 aromatic rings. The lowest BCUT2D eigenvalue weighted by Gasteiger charge is -2.09. The molecule has 0 amide bonds. The van der Waals surface area contributed by atoms with Crippen LogP contribution in [0.15, 0.2) is 6.20 Å². The molecule has 0 aliphatic heterocycles. The number of anilines is 1. The molecule has 0 aliphatic rings. The lowest BCUT2D eigenvalue weighted by Crippen LogP contribution is -2.09. The fraction of sp³-hybridized carbons (Fsp3) is 0.250. The molecule has 0 unspecified atom stereocenters. The number of carbonyl (C=O) groups is 1. The van der Waals surface area contributed by atoms with Crippen LogP contribution in [0.2, 0.25) is 0 Å². The first-order valence-electron chi connectivity index (χ1n) is 3.82. The number of ether oxygens (including phenoxy) is 1. The van der Waals surface area contributed by atoms with E-state index in [9.17, 15) is 18.7 Å². The highest BCUT2D eigenvalue weighted by atomic mass is 19.3. The van der Waals surface area contributed by atoms with Gasteiger partial charge in [-0.3, -0.25) is 0 Å². The Labute approximate surface area is 83.5 Å². The van der Waals surface area contributed by atoms with Crippen LogP contribution in [-0.2, 0) is 4.74 Å². The van der Waals surface area contributed by atoms with Crippen LogP contribution in [-0.4, -0.2) is 23.2 Å². The van der Waals surface area contributed by atoms with Crippen LogP contribution in [0.5, 0.6) is 5.75 Å². The molecule has 0 aliphatic carbocycles. The lowest BCUT2D eigenvalue weighted by molar-refractivity contribution is 0.0585. The van der Waals surface area contributed by atoms with E-state index in [1.807, 2.05) is 0 Å². The number of aromatic nitrogens is 1. The van der Waals surface area contributed by atoms with Crippen LogP contribution in [0.4, 0.5) is 14.6 Å². The number of alkyl halides is 2. The van der Waals surface area contributed by atoms with E-state index in [4.69, 9.17) is 5.73 Å². The molecule has 0 radical (unpaired) electrons. The number of esters is 1. The molecule has 0 saturated carbocycles. The highest BCUT2D eigenvalue weighted by molar-refractivity contribution is 5.95. The van der Waals surface area contributed by atoms with Crippen LogP contribution in [0.25, 0.3) is 0 Å². The molecule has 1 heterocycles. The van der Waals surface area contributed by atoms with E-state index in [0.717, 1.165) is 13.3 Å². The molecule has 82 valence electrons. The summed E-state index contributed by atoms with van der Waals surface area (Å²) in [6.07, 6.45) is -2.22. The van der Waals surface area contributed by atoms with Crippen molar-refractivity contribution in [2.45, 2.75) is 6.43 Å². The summed E-state index contributed by atoms with van der Waals surface area (Å²) in [5.41, 5.74) is 3.80. The van der Waals surface area contributed by atoms with Crippen molar-refractivity contribution in [2.24, 2.45) is 0 Å². The molecule has 5 nitrogen and oxygen atoms in total. The maximum Gasteiger partial charge on any atom is 0.342 e. The fourth-order valence-corrected chi connectivity index (χ4v) is 1.01. The van der Waals surface area contributed by atoms with Crippen molar-refractivity contribution in [3.8, 4) is 5.75 Å². The van der Waals surface area contributed by atoms with Gasteiger partial charge in [0.1, 0.15) is 5.56 Å².